The number of aliphatic imine (C=N–C) groups is 3. The van der Waals surface area contributed by atoms with Crippen LogP contribution < -0.4 is 104 Å². The lowest BCUT2D eigenvalue weighted by Gasteiger charge is -2.31. The SMILES string of the molecule is COc1ccc2c(CC(=O)N[C@@H](CCCN=C(N)N)C(=O)N3CCC[C@H]3C(=O)N[C@@H](CC(C)C)C(=O)N[C@@H](CCSC)C(=O)N[C@@H](CC(C)C)C(=O)N[C@@H](CNc3ccc([N+](=O)[O-])cc3[N+](=O)[O-])C(=O)N[C@@H](C)C(=O)N[C@@H](CCCN=C(N)N)C(=O)N[C@@H](CCC(=O)O)C(=O)N[C@@H](CCCN=C(N)N)C(N)=O)cc(=O)oc2c1. The predicted octanol–water partition coefficient (Wildman–Crippen LogP) is -3.00. The van der Waals surface area contributed by atoms with Crippen LogP contribution in [0.4, 0.5) is 17.1 Å². The number of carboxylic acid groups (broad SMARTS) is 1. The van der Waals surface area contributed by atoms with Crippen LogP contribution in [0.2, 0.25) is 0 Å². The van der Waals surface area contributed by atoms with Crippen molar-refractivity contribution in [3.05, 3.63) is 78.7 Å². The second kappa shape index (κ2) is 46.5. The van der Waals surface area contributed by atoms with Gasteiger partial charge in [-0.1, -0.05) is 27.7 Å². The number of fused-ring (bicyclic) bond motifs is 1. The minimum atomic E-state index is -1.86. The molecule has 113 heavy (non-hydrogen) atoms. The number of non-ortho nitro benzene ring substituents is 1. The Morgan fingerprint density at radius 1 is 0.602 bits per heavy atom. The summed E-state index contributed by atoms with van der Waals surface area (Å²) in [6, 6.07) is -6.42. The quantitative estimate of drug-likeness (QED) is 0.00669. The van der Waals surface area contributed by atoms with E-state index in [4.69, 9.17) is 49.3 Å². The number of carbonyl (C=O) groups excluding carboxylic acids is 11. The summed E-state index contributed by atoms with van der Waals surface area (Å²) in [5.74, 6) is -12.4. The van der Waals surface area contributed by atoms with E-state index in [1.54, 1.807) is 46.1 Å². The molecule has 43 nitrogen and oxygen atoms in total. The number of guanidine groups is 3. The van der Waals surface area contributed by atoms with Gasteiger partial charge >= 0.3 is 11.6 Å². The third-order valence-corrected chi connectivity index (χ3v) is 18.1. The highest BCUT2D eigenvalue weighted by molar-refractivity contribution is 7.98. The highest BCUT2D eigenvalue weighted by Crippen LogP contribution is 2.30. The number of methoxy groups -OCH3 is 1. The molecule has 44 heteroatoms. The fourth-order valence-corrected chi connectivity index (χ4v) is 12.3. The van der Waals surface area contributed by atoms with E-state index in [0.29, 0.717) is 29.2 Å². The molecule has 0 bridgehead atoms. The molecule has 11 amide bonds. The fraction of sp³-hybridized carbons (Fsp3) is 0.565. The second-order valence-electron chi connectivity index (χ2n) is 27.4. The molecule has 25 N–H and O–H groups in total. The van der Waals surface area contributed by atoms with Crippen LogP contribution in [0.25, 0.3) is 11.0 Å². The van der Waals surface area contributed by atoms with E-state index < -0.39 is 184 Å². The number of thioether (sulfide) groups is 1. The van der Waals surface area contributed by atoms with Gasteiger partial charge in [0.1, 0.15) is 77.4 Å². The predicted molar refractivity (Wildman–Crippen MR) is 416 cm³/mol. The number of likely N-dealkylation sites (tertiary alicyclic amines) is 1. The smallest absolute Gasteiger partial charge is 0.336 e. The van der Waals surface area contributed by atoms with E-state index in [2.05, 4.69) is 68.1 Å². The van der Waals surface area contributed by atoms with Gasteiger partial charge in [-0.05, 0) is 132 Å². The molecule has 2 aromatic carbocycles. The zero-order chi connectivity index (χ0) is 84.3. The molecular formula is C69H105N23O20S. The minimum absolute atomic E-state index is 0.00560. The Hall–Kier alpha value is -12.1. The Morgan fingerprint density at radius 3 is 1.62 bits per heavy atom. The minimum Gasteiger partial charge on any atom is -0.497 e. The van der Waals surface area contributed by atoms with E-state index >= 15 is 0 Å². The average molecular weight is 1610 g/mol. The molecule has 1 aromatic heterocycles. The molecule has 0 radical (unpaired) electrons. The number of ether oxygens (including phenoxy) is 1. The lowest BCUT2D eigenvalue weighted by Crippen LogP contribution is -2.61. The largest absolute Gasteiger partial charge is 0.497 e. The number of nitrogens with zero attached hydrogens (tertiary/aromatic N) is 6. The number of amides is 11. The molecule has 1 saturated heterocycles. The van der Waals surface area contributed by atoms with Crippen molar-refractivity contribution in [2.45, 2.75) is 185 Å². The van der Waals surface area contributed by atoms with Crippen molar-refractivity contribution in [2.75, 3.05) is 57.2 Å². The van der Waals surface area contributed by atoms with E-state index in [0.717, 1.165) is 25.1 Å². The molecule has 10 atom stereocenters. The molecular weight excluding hydrogens is 1500 g/mol. The summed E-state index contributed by atoms with van der Waals surface area (Å²) in [7, 11) is 1.43. The van der Waals surface area contributed by atoms with E-state index in [1.165, 1.54) is 29.8 Å². The summed E-state index contributed by atoms with van der Waals surface area (Å²) in [6.07, 6.45) is 0.413. The van der Waals surface area contributed by atoms with Gasteiger partial charge in [0, 0.05) is 62.7 Å². The summed E-state index contributed by atoms with van der Waals surface area (Å²) in [4.78, 5) is 216. The van der Waals surface area contributed by atoms with Crippen molar-refractivity contribution in [3.63, 3.8) is 0 Å². The number of benzene rings is 2. The van der Waals surface area contributed by atoms with Gasteiger partial charge in [-0.15, -0.1) is 0 Å². The zero-order valence-corrected chi connectivity index (χ0v) is 64.8. The van der Waals surface area contributed by atoms with Crippen molar-refractivity contribution in [3.8, 4) is 5.75 Å². The van der Waals surface area contributed by atoms with Gasteiger partial charge in [0.15, 0.2) is 17.9 Å². The van der Waals surface area contributed by atoms with Gasteiger partial charge in [-0.25, -0.2) is 4.79 Å². The van der Waals surface area contributed by atoms with Gasteiger partial charge in [-0.3, -0.25) is 92.7 Å². The number of nitro benzene ring substituents is 2. The third-order valence-electron chi connectivity index (χ3n) is 17.5. The standard InChI is InChI=1S/C69H105N23O20S/c1-35(2)28-48(87-61(101)46(22-27-113-7)86-62(102)49(29-36(3)4)88-65(105)51-15-11-26-90(51)66(106)47(14-10-25-79-69(75)76)82-54(93)30-38-31-56(96)112-53-33-40(111-6)17-18-41(38)53)63(103)89-50(34-80-42-19-16-39(91(107)108)32-52(42)92(109)110)64(104)81-37(5)58(98)84-44(13-9-24-78-68(73)74)59(99)85-45(20-21-55(94)95)60(100)83-43(57(70)97)12-8-23-77-67(71)72/h16-19,31-33,35-37,43-51,80H,8-15,20-30,34H2,1-7H3,(H2,70,97)(H,81,104)(H,82,93)(H,83,100)(H,84,98)(H,85,99)(H,86,102)(H,87,101)(H,88,105)(H,89,103)(H,94,95)(H4,71,72,77)(H4,73,74,78)(H4,75,76,79)/t37-,43-,44-,45-,46-,47-,48-,49-,50-,51-/m0/s1. The molecule has 0 saturated carbocycles. The number of nitrogens with two attached hydrogens (primary N) is 7. The highest BCUT2D eigenvalue weighted by atomic mass is 32.2. The van der Waals surface area contributed by atoms with Gasteiger partial charge < -0.3 is 112 Å². The summed E-state index contributed by atoms with van der Waals surface area (Å²) in [5, 5.41) is 59.7. The van der Waals surface area contributed by atoms with Crippen LogP contribution in [0, 0.1) is 32.1 Å². The summed E-state index contributed by atoms with van der Waals surface area (Å²) < 4.78 is 10.6. The topological polar surface area (TPSA) is 694 Å². The van der Waals surface area contributed by atoms with E-state index in [9.17, 15) is 87.7 Å². The van der Waals surface area contributed by atoms with Crippen molar-refractivity contribution < 1.29 is 81.6 Å². The molecule has 0 spiro atoms. The van der Waals surface area contributed by atoms with Crippen molar-refractivity contribution >= 4 is 129 Å². The number of nitro groups is 2. The first-order chi connectivity index (χ1) is 53.3. The number of anilines is 1. The summed E-state index contributed by atoms with van der Waals surface area (Å²) in [6.45, 7) is 7.40. The zero-order valence-electron chi connectivity index (χ0n) is 63.9. The molecule has 3 aromatic rings. The van der Waals surface area contributed by atoms with Crippen molar-refractivity contribution in [1.29, 1.82) is 0 Å². The number of nitrogens with one attached hydrogen (secondary N) is 10. The maximum absolute atomic E-state index is 14.8. The average Bonchev–Trinajstić information content (AvgIpc) is 1.60. The number of primary amides is 1. The Labute approximate surface area is 653 Å². The summed E-state index contributed by atoms with van der Waals surface area (Å²) >= 11 is 1.30. The first-order valence-electron chi connectivity index (χ1n) is 36.3. The molecule has 1 aliphatic heterocycles. The maximum atomic E-state index is 14.8. The van der Waals surface area contributed by atoms with Gasteiger partial charge in [0.25, 0.3) is 11.4 Å². The highest BCUT2D eigenvalue weighted by Gasteiger charge is 2.41. The number of carbonyl (C=O) groups is 12. The van der Waals surface area contributed by atoms with Crippen molar-refractivity contribution in [2.24, 2.45) is 66.9 Å². The van der Waals surface area contributed by atoms with Crippen LogP contribution in [0.15, 0.2) is 66.7 Å². The molecule has 0 unspecified atom stereocenters. The van der Waals surface area contributed by atoms with Gasteiger partial charge in [0.05, 0.1) is 29.4 Å². The normalized spacial score (nSPS) is 14.8. The monoisotopic (exact) mass is 1610 g/mol. The van der Waals surface area contributed by atoms with Gasteiger partial charge in [-0.2, -0.15) is 11.8 Å². The molecule has 2 heterocycles. The fourth-order valence-electron chi connectivity index (χ4n) is 11.8. The van der Waals surface area contributed by atoms with Crippen LogP contribution >= 0.6 is 11.8 Å². The molecule has 0 aliphatic carbocycles. The number of hydrogen-bond donors (Lipinski definition) is 18. The third kappa shape index (κ3) is 32.0. The molecule has 622 valence electrons. The van der Waals surface area contributed by atoms with Crippen LogP contribution in [0.5, 0.6) is 5.75 Å². The maximum Gasteiger partial charge on any atom is 0.336 e. The second-order valence-corrected chi connectivity index (χ2v) is 28.4. The van der Waals surface area contributed by atoms with Crippen LogP contribution in [-0.4, -0.2) is 221 Å². The number of aliphatic carboxylic acids is 1. The van der Waals surface area contributed by atoms with E-state index in [-0.39, 0.29) is 138 Å². The lowest BCUT2D eigenvalue weighted by atomic mass is 10.0. The van der Waals surface area contributed by atoms with E-state index in [1.807, 2.05) is 0 Å². The van der Waals surface area contributed by atoms with Crippen LogP contribution in [0.3, 0.4) is 0 Å². The molecule has 1 aliphatic rings. The first-order valence-corrected chi connectivity index (χ1v) is 37.7. The first kappa shape index (κ1) is 93.2. The Morgan fingerprint density at radius 2 is 1.10 bits per heavy atom. The molecule has 1 fully saturated rings. The number of carboxylic acids is 1. The Balaban J connectivity index is 1.64. The number of hydrogen-bond acceptors (Lipinski definition) is 24. The van der Waals surface area contributed by atoms with Gasteiger partial charge in [0.2, 0.25) is 65.0 Å². The summed E-state index contributed by atoms with van der Waals surface area (Å²) in [5.41, 5.74) is 36.2. The Bertz CT molecular complexity index is 4030. The van der Waals surface area contributed by atoms with Crippen molar-refractivity contribution in [1.82, 2.24) is 52.8 Å². The Kier molecular flexibility index (Phi) is 38.4. The molecule has 4 rings (SSSR count). The number of rotatable bonds is 49. The lowest BCUT2D eigenvalue weighted by molar-refractivity contribution is -0.393. The van der Waals surface area contributed by atoms with Crippen LogP contribution in [0.1, 0.15) is 124 Å². The van der Waals surface area contributed by atoms with Crippen LogP contribution in [-0.2, 0) is 64.0 Å².